The quantitative estimate of drug-likeness (QED) is 0.810. The van der Waals surface area contributed by atoms with Crippen molar-refractivity contribution in [1.82, 2.24) is 4.98 Å². The minimum absolute atomic E-state index is 0. The third kappa shape index (κ3) is 2.98. The van der Waals surface area contributed by atoms with Gasteiger partial charge in [0.1, 0.15) is 0 Å². The minimum Gasteiger partial charge on any atom is -0.324 e. The first-order chi connectivity index (χ1) is 5.86. The Morgan fingerprint density at radius 2 is 2.00 bits per heavy atom. The molecule has 2 nitrogen and oxygen atoms in total. The Morgan fingerprint density at radius 3 is 2.54 bits per heavy atom. The van der Waals surface area contributed by atoms with Crippen LogP contribution in [0.25, 0.3) is 0 Å². The predicted octanol–water partition coefficient (Wildman–Crippen LogP) is 2.30. The molecule has 72 valence electrons. The molecule has 1 atom stereocenters. The van der Waals surface area contributed by atoms with Gasteiger partial charge in [0, 0.05) is 18.4 Å². The molecule has 1 aromatic rings. The second kappa shape index (κ2) is 4.58. The summed E-state index contributed by atoms with van der Waals surface area (Å²) in [7, 11) is 0. The average Bonchev–Trinajstić information content (AvgIpc) is 2.90. The van der Waals surface area contributed by atoms with Gasteiger partial charge in [0.15, 0.2) is 0 Å². The Bertz CT molecular complexity index is 246. The number of hydrogen-bond acceptors (Lipinski definition) is 2. The first-order valence-electron chi connectivity index (χ1n) is 4.52. The van der Waals surface area contributed by atoms with Gasteiger partial charge >= 0.3 is 0 Å². The minimum atomic E-state index is 0. The van der Waals surface area contributed by atoms with Crippen LogP contribution in [0.1, 0.15) is 30.9 Å². The SMILES string of the molecule is Cl.N[C@H](CC1CC1)c1ccncc1. The van der Waals surface area contributed by atoms with E-state index in [1.54, 1.807) is 0 Å². The summed E-state index contributed by atoms with van der Waals surface area (Å²) in [6, 6.07) is 4.24. The number of nitrogens with zero attached hydrogens (tertiary/aromatic N) is 1. The van der Waals surface area contributed by atoms with Crippen LogP contribution >= 0.6 is 12.4 Å². The van der Waals surface area contributed by atoms with Gasteiger partial charge in [-0.15, -0.1) is 12.4 Å². The number of aromatic nitrogens is 1. The molecule has 0 spiro atoms. The maximum absolute atomic E-state index is 6.01. The molecule has 1 aromatic heterocycles. The summed E-state index contributed by atoms with van der Waals surface area (Å²) in [4.78, 5) is 3.97. The number of hydrogen-bond donors (Lipinski definition) is 1. The van der Waals surface area contributed by atoms with Gasteiger partial charge in [-0.3, -0.25) is 4.98 Å². The molecule has 2 rings (SSSR count). The topological polar surface area (TPSA) is 38.9 Å². The Morgan fingerprint density at radius 1 is 1.38 bits per heavy atom. The van der Waals surface area contributed by atoms with Gasteiger partial charge in [0.2, 0.25) is 0 Å². The maximum Gasteiger partial charge on any atom is 0.0298 e. The number of halogens is 1. The van der Waals surface area contributed by atoms with Crippen LogP contribution in [0.15, 0.2) is 24.5 Å². The molecular weight excluding hydrogens is 184 g/mol. The van der Waals surface area contributed by atoms with Gasteiger partial charge < -0.3 is 5.73 Å². The second-order valence-electron chi connectivity index (χ2n) is 3.57. The highest BCUT2D eigenvalue weighted by Gasteiger charge is 2.24. The van der Waals surface area contributed by atoms with E-state index in [0.717, 1.165) is 12.3 Å². The zero-order valence-corrected chi connectivity index (χ0v) is 8.33. The van der Waals surface area contributed by atoms with E-state index in [2.05, 4.69) is 4.98 Å². The highest BCUT2D eigenvalue weighted by molar-refractivity contribution is 5.85. The van der Waals surface area contributed by atoms with Gasteiger partial charge in [0.05, 0.1) is 0 Å². The van der Waals surface area contributed by atoms with Crippen LogP contribution in [-0.4, -0.2) is 4.98 Å². The third-order valence-electron chi connectivity index (χ3n) is 2.42. The summed E-state index contributed by atoms with van der Waals surface area (Å²) in [5.74, 6) is 0.896. The van der Waals surface area contributed by atoms with Gasteiger partial charge in [-0.2, -0.15) is 0 Å². The summed E-state index contributed by atoms with van der Waals surface area (Å²) in [5.41, 5.74) is 7.23. The summed E-state index contributed by atoms with van der Waals surface area (Å²) >= 11 is 0. The molecule has 1 heterocycles. The van der Waals surface area contributed by atoms with Gasteiger partial charge in [-0.05, 0) is 30.0 Å². The van der Waals surface area contributed by atoms with Crippen molar-refractivity contribution in [3.05, 3.63) is 30.1 Å². The van der Waals surface area contributed by atoms with Crippen LogP contribution in [0.2, 0.25) is 0 Å². The summed E-state index contributed by atoms with van der Waals surface area (Å²) < 4.78 is 0. The normalized spacial score (nSPS) is 17.6. The van der Waals surface area contributed by atoms with Crippen LogP contribution in [0.3, 0.4) is 0 Å². The molecule has 0 amide bonds. The van der Waals surface area contributed by atoms with Crippen molar-refractivity contribution in [1.29, 1.82) is 0 Å². The van der Waals surface area contributed by atoms with Gasteiger partial charge in [-0.25, -0.2) is 0 Å². The Balaban J connectivity index is 0.000000845. The lowest BCUT2D eigenvalue weighted by Crippen LogP contribution is -2.10. The van der Waals surface area contributed by atoms with E-state index >= 15 is 0 Å². The van der Waals surface area contributed by atoms with Crippen LogP contribution in [0.5, 0.6) is 0 Å². The molecular formula is C10H15ClN2. The second-order valence-corrected chi connectivity index (χ2v) is 3.57. The maximum atomic E-state index is 6.01. The van der Waals surface area contributed by atoms with E-state index in [1.807, 2.05) is 24.5 Å². The smallest absolute Gasteiger partial charge is 0.0298 e. The fourth-order valence-corrected chi connectivity index (χ4v) is 1.46. The average molecular weight is 199 g/mol. The first-order valence-corrected chi connectivity index (χ1v) is 4.52. The zero-order chi connectivity index (χ0) is 8.39. The number of nitrogens with two attached hydrogens (primary N) is 1. The van der Waals surface area contributed by atoms with Crippen LogP contribution in [0, 0.1) is 5.92 Å². The molecule has 0 saturated heterocycles. The van der Waals surface area contributed by atoms with Crippen molar-refractivity contribution in [2.24, 2.45) is 11.7 Å². The van der Waals surface area contributed by atoms with Gasteiger partial charge in [0.25, 0.3) is 0 Å². The van der Waals surface area contributed by atoms with Crippen LogP contribution in [-0.2, 0) is 0 Å². The number of rotatable bonds is 3. The van der Waals surface area contributed by atoms with E-state index in [1.165, 1.54) is 18.4 Å². The molecule has 1 fully saturated rings. The molecule has 1 aliphatic carbocycles. The number of pyridine rings is 1. The van der Waals surface area contributed by atoms with Crippen molar-refractivity contribution in [3.63, 3.8) is 0 Å². The molecule has 2 N–H and O–H groups in total. The van der Waals surface area contributed by atoms with Gasteiger partial charge in [-0.1, -0.05) is 12.8 Å². The molecule has 3 heteroatoms. The summed E-state index contributed by atoms with van der Waals surface area (Å²) in [5, 5.41) is 0. The van der Waals surface area contributed by atoms with Crippen molar-refractivity contribution < 1.29 is 0 Å². The first kappa shape index (κ1) is 10.5. The Kier molecular flexibility index (Phi) is 3.70. The van der Waals surface area contributed by atoms with Crippen molar-refractivity contribution in [2.75, 3.05) is 0 Å². The fraction of sp³-hybridized carbons (Fsp3) is 0.500. The molecule has 1 saturated carbocycles. The molecule has 0 unspecified atom stereocenters. The van der Waals surface area contributed by atoms with E-state index in [-0.39, 0.29) is 18.4 Å². The van der Waals surface area contributed by atoms with E-state index in [4.69, 9.17) is 5.73 Å². The molecule has 0 bridgehead atoms. The van der Waals surface area contributed by atoms with Crippen molar-refractivity contribution in [3.8, 4) is 0 Å². The monoisotopic (exact) mass is 198 g/mol. The lowest BCUT2D eigenvalue weighted by Gasteiger charge is -2.09. The van der Waals surface area contributed by atoms with Crippen molar-refractivity contribution in [2.45, 2.75) is 25.3 Å². The largest absolute Gasteiger partial charge is 0.324 e. The predicted molar refractivity (Wildman–Crippen MR) is 55.8 cm³/mol. The molecule has 0 radical (unpaired) electrons. The fourth-order valence-electron chi connectivity index (χ4n) is 1.46. The third-order valence-corrected chi connectivity index (χ3v) is 2.42. The van der Waals surface area contributed by atoms with Crippen molar-refractivity contribution >= 4 is 12.4 Å². The van der Waals surface area contributed by atoms with E-state index in [0.29, 0.717) is 0 Å². The Hall–Kier alpha value is -0.600. The molecule has 0 aromatic carbocycles. The Labute approximate surface area is 85.0 Å². The van der Waals surface area contributed by atoms with E-state index < -0.39 is 0 Å². The lowest BCUT2D eigenvalue weighted by atomic mass is 10.0. The molecule has 13 heavy (non-hydrogen) atoms. The summed E-state index contributed by atoms with van der Waals surface area (Å²) in [6.07, 6.45) is 7.51. The van der Waals surface area contributed by atoms with Crippen LogP contribution in [0.4, 0.5) is 0 Å². The van der Waals surface area contributed by atoms with E-state index in [9.17, 15) is 0 Å². The standard InChI is InChI=1S/C10H14N2.ClH/c11-10(7-8-1-2-8)9-3-5-12-6-4-9;/h3-6,8,10H,1-2,7,11H2;1H/t10-;/m1./s1. The zero-order valence-electron chi connectivity index (χ0n) is 7.52. The highest BCUT2D eigenvalue weighted by atomic mass is 35.5. The summed E-state index contributed by atoms with van der Waals surface area (Å²) in [6.45, 7) is 0. The highest BCUT2D eigenvalue weighted by Crippen LogP contribution is 2.36. The lowest BCUT2D eigenvalue weighted by molar-refractivity contribution is 0.596. The van der Waals surface area contributed by atoms with Crippen LogP contribution < -0.4 is 5.73 Å². The molecule has 0 aliphatic heterocycles. The molecule has 1 aliphatic rings.